The normalized spacial score (nSPS) is 11.2. The Kier molecular flexibility index (Phi) is 6.86. The van der Waals surface area contributed by atoms with Gasteiger partial charge in [-0.05, 0) is 47.9 Å². The maximum absolute atomic E-state index is 14.7. The monoisotopic (exact) mass is 510 g/mol. The number of aromatic nitrogens is 1. The average Bonchev–Trinajstić information content (AvgIpc) is 2.81. The molecule has 4 rings (SSSR count). The van der Waals surface area contributed by atoms with Gasteiger partial charge in [-0.25, -0.2) is 22.5 Å². The van der Waals surface area contributed by atoms with Crippen molar-refractivity contribution in [2.24, 2.45) is 0 Å². The molecule has 4 aromatic rings. The van der Waals surface area contributed by atoms with E-state index in [1.165, 1.54) is 12.3 Å². The first kappa shape index (κ1) is 24.4. The smallest absolute Gasteiger partial charge is 0.267 e. The van der Waals surface area contributed by atoms with Crippen LogP contribution in [-0.4, -0.2) is 25.6 Å². The van der Waals surface area contributed by atoms with Crippen LogP contribution in [0.5, 0.6) is 11.6 Å². The third-order valence-electron chi connectivity index (χ3n) is 5.13. The van der Waals surface area contributed by atoms with Gasteiger partial charge in [-0.1, -0.05) is 60.1 Å². The van der Waals surface area contributed by atoms with Gasteiger partial charge in [0.15, 0.2) is 0 Å². The summed E-state index contributed by atoms with van der Waals surface area (Å²) in [6.07, 6.45) is 2.31. The van der Waals surface area contributed by atoms with Gasteiger partial charge in [0.2, 0.25) is 15.9 Å². The number of amides is 1. The molecule has 0 fully saturated rings. The van der Waals surface area contributed by atoms with Gasteiger partial charge in [-0.15, -0.1) is 0 Å². The van der Waals surface area contributed by atoms with Crippen molar-refractivity contribution in [1.82, 2.24) is 9.71 Å². The van der Waals surface area contributed by atoms with Crippen LogP contribution in [0.15, 0.2) is 79.0 Å². The quantitative estimate of drug-likeness (QED) is 0.344. The summed E-state index contributed by atoms with van der Waals surface area (Å²) in [7, 11) is -3.83. The number of sulfonamides is 1. The largest absolute Gasteiger partial charge is 0.437 e. The molecule has 0 aliphatic heterocycles. The Morgan fingerprint density at radius 1 is 0.971 bits per heavy atom. The topological polar surface area (TPSA) is 85.4 Å². The summed E-state index contributed by atoms with van der Waals surface area (Å²) in [6.45, 7) is 1.67. The van der Waals surface area contributed by atoms with Crippen LogP contribution in [-0.2, 0) is 10.0 Å². The van der Waals surface area contributed by atoms with Crippen LogP contribution in [0.2, 0.25) is 5.02 Å². The number of benzene rings is 3. The maximum atomic E-state index is 14.7. The number of carbonyl (C=O) groups is 1. The molecule has 1 heterocycles. The van der Waals surface area contributed by atoms with E-state index in [0.717, 1.165) is 23.4 Å². The van der Waals surface area contributed by atoms with E-state index in [9.17, 15) is 17.6 Å². The van der Waals surface area contributed by atoms with Crippen molar-refractivity contribution < 1.29 is 22.3 Å². The van der Waals surface area contributed by atoms with Gasteiger partial charge in [0.1, 0.15) is 16.6 Å². The van der Waals surface area contributed by atoms with Gasteiger partial charge in [-0.3, -0.25) is 4.79 Å². The van der Waals surface area contributed by atoms with Gasteiger partial charge >= 0.3 is 0 Å². The van der Waals surface area contributed by atoms with Crippen LogP contribution < -0.4 is 9.46 Å². The summed E-state index contributed by atoms with van der Waals surface area (Å²) in [5, 5.41) is 0.212. The number of rotatable bonds is 6. The summed E-state index contributed by atoms with van der Waals surface area (Å²) in [5.74, 6) is -1.16. The minimum Gasteiger partial charge on any atom is -0.437 e. The third kappa shape index (κ3) is 5.67. The van der Waals surface area contributed by atoms with Crippen LogP contribution in [0.25, 0.3) is 22.3 Å². The van der Waals surface area contributed by atoms with Crippen LogP contribution >= 0.6 is 11.6 Å². The Morgan fingerprint density at radius 2 is 1.66 bits per heavy atom. The molecule has 1 amide bonds. The standard InChI is InChI=1S/C26H20ClFN2O4S/c1-16-12-21(25(31)30-35(2,32)33)23(28)14-20(16)18-13-22(27)26(29-15-18)34-24-11-7-6-10-19(24)17-8-4-3-5-9-17/h3-15H,1-2H3,(H,30,31). The highest BCUT2D eigenvalue weighted by Gasteiger charge is 2.19. The van der Waals surface area contributed by atoms with Crippen molar-refractivity contribution in [1.29, 1.82) is 0 Å². The lowest BCUT2D eigenvalue weighted by molar-refractivity contribution is 0.0977. The van der Waals surface area contributed by atoms with E-state index < -0.39 is 21.7 Å². The molecule has 178 valence electrons. The summed E-state index contributed by atoms with van der Waals surface area (Å²) in [5.41, 5.74) is 2.95. The van der Waals surface area contributed by atoms with E-state index in [2.05, 4.69) is 4.98 Å². The zero-order valence-electron chi connectivity index (χ0n) is 18.7. The minimum atomic E-state index is -3.83. The number of hydrogen-bond acceptors (Lipinski definition) is 5. The minimum absolute atomic E-state index is 0.182. The molecule has 0 bridgehead atoms. The predicted octanol–water partition coefficient (Wildman–Crippen LogP) is 6.00. The fourth-order valence-electron chi connectivity index (χ4n) is 3.55. The molecule has 1 aromatic heterocycles. The molecule has 3 aromatic carbocycles. The number of halogens is 2. The van der Waals surface area contributed by atoms with E-state index in [-0.39, 0.29) is 16.5 Å². The molecule has 9 heteroatoms. The van der Waals surface area contributed by atoms with Crippen LogP contribution in [0, 0.1) is 12.7 Å². The number of pyridine rings is 1. The Hall–Kier alpha value is -3.75. The number of hydrogen-bond donors (Lipinski definition) is 1. The van der Waals surface area contributed by atoms with Gasteiger partial charge in [-0.2, -0.15) is 0 Å². The number of carbonyl (C=O) groups excluding carboxylic acids is 1. The Balaban J connectivity index is 1.64. The second-order valence-electron chi connectivity index (χ2n) is 7.83. The Labute approximate surface area is 207 Å². The van der Waals surface area contributed by atoms with Gasteiger partial charge < -0.3 is 4.74 Å². The Morgan fingerprint density at radius 3 is 2.34 bits per heavy atom. The van der Waals surface area contributed by atoms with Gasteiger partial charge in [0, 0.05) is 17.3 Å². The predicted molar refractivity (Wildman–Crippen MR) is 134 cm³/mol. The lowest BCUT2D eigenvalue weighted by Crippen LogP contribution is -2.30. The van der Waals surface area contributed by atoms with E-state index >= 15 is 0 Å². The molecule has 35 heavy (non-hydrogen) atoms. The second kappa shape index (κ2) is 9.85. The van der Waals surface area contributed by atoms with Crippen LogP contribution in [0.4, 0.5) is 4.39 Å². The molecule has 0 radical (unpaired) electrons. The lowest BCUT2D eigenvalue weighted by atomic mass is 9.99. The zero-order valence-corrected chi connectivity index (χ0v) is 20.3. The highest BCUT2D eigenvalue weighted by Crippen LogP contribution is 2.37. The average molecular weight is 511 g/mol. The molecule has 0 aliphatic rings. The summed E-state index contributed by atoms with van der Waals surface area (Å²) in [6, 6.07) is 21.2. The second-order valence-corrected chi connectivity index (χ2v) is 9.98. The molecule has 0 spiro atoms. The lowest BCUT2D eigenvalue weighted by Gasteiger charge is -2.14. The molecular weight excluding hydrogens is 491 g/mol. The van der Waals surface area contributed by atoms with Gasteiger partial charge in [0.25, 0.3) is 5.91 Å². The number of ether oxygens (including phenoxy) is 1. The van der Waals surface area contributed by atoms with Crippen LogP contribution in [0.3, 0.4) is 0 Å². The molecule has 0 atom stereocenters. The van der Waals surface area contributed by atoms with E-state index in [1.54, 1.807) is 17.7 Å². The van der Waals surface area contributed by atoms with Crippen molar-refractivity contribution in [2.75, 3.05) is 6.26 Å². The summed E-state index contributed by atoms with van der Waals surface area (Å²) in [4.78, 5) is 16.4. The first-order chi connectivity index (χ1) is 16.6. The number of aryl methyl sites for hydroxylation is 1. The van der Waals surface area contributed by atoms with E-state index in [4.69, 9.17) is 16.3 Å². The zero-order chi connectivity index (χ0) is 25.2. The molecule has 0 saturated carbocycles. The molecule has 0 saturated heterocycles. The molecule has 1 N–H and O–H groups in total. The van der Waals surface area contributed by atoms with Crippen molar-refractivity contribution in [3.05, 3.63) is 101 Å². The molecule has 6 nitrogen and oxygen atoms in total. The summed E-state index contributed by atoms with van der Waals surface area (Å²) < 4.78 is 45.1. The SMILES string of the molecule is Cc1cc(C(=O)NS(C)(=O)=O)c(F)cc1-c1cnc(Oc2ccccc2-c2ccccc2)c(Cl)c1. The summed E-state index contributed by atoms with van der Waals surface area (Å²) >= 11 is 6.46. The molecular formula is C26H20ClFN2O4S. The van der Waals surface area contributed by atoms with E-state index in [1.807, 2.05) is 54.6 Å². The fraction of sp³-hybridized carbons (Fsp3) is 0.0769. The van der Waals surface area contributed by atoms with E-state index in [0.29, 0.717) is 22.4 Å². The highest BCUT2D eigenvalue weighted by atomic mass is 35.5. The highest BCUT2D eigenvalue weighted by molar-refractivity contribution is 7.89. The molecule has 0 unspecified atom stereocenters. The van der Waals surface area contributed by atoms with Crippen molar-refractivity contribution >= 4 is 27.5 Å². The van der Waals surface area contributed by atoms with Crippen molar-refractivity contribution in [2.45, 2.75) is 6.92 Å². The van der Waals surface area contributed by atoms with Crippen molar-refractivity contribution in [3.63, 3.8) is 0 Å². The van der Waals surface area contributed by atoms with Gasteiger partial charge in [0.05, 0.1) is 11.8 Å². The number of para-hydroxylation sites is 1. The van der Waals surface area contributed by atoms with Crippen molar-refractivity contribution in [3.8, 4) is 33.9 Å². The fourth-order valence-corrected chi connectivity index (χ4v) is 4.21. The first-order valence-corrected chi connectivity index (χ1v) is 12.7. The van der Waals surface area contributed by atoms with Crippen LogP contribution in [0.1, 0.15) is 15.9 Å². The maximum Gasteiger partial charge on any atom is 0.267 e. The number of nitrogens with one attached hydrogen (secondary N) is 1. The number of nitrogens with zero attached hydrogens (tertiary/aromatic N) is 1. The molecule has 0 aliphatic carbocycles. The third-order valence-corrected chi connectivity index (χ3v) is 5.96. The first-order valence-electron chi connectivity index (χ1n) is 10.4. The Bertz CT molecular complexity index is 1530.